The standard InChI is InChI=1S/C10H14BrClN2O/c1-10(2,15)3-4-13-9-8(12)5-7(11)6-14-9/h5-6,15H,3-4H2,1-2H3,(H,13,14). The van der Waals surface area contributed by atoms with Crippen molar-refractivity contribution < 1.29 is 5.11 Å². The van der Waals surface area contributed by atoms with Crippen molar-refractivity contribution in [3.8, 4) is 0 Å². The van der Waals surface area contributed by atoms with Gasteiger partial charge >= 0.3 is 0 Å². The van der Waals surface area contributed by atoms with Gasteiger partial charge in [-0.2, -0.15) is 0 Å². The summed E-state index contributed by atoms with van der Waals surface area (Å²) in [5.41, 5.74) is -0.672. The van der Waals surface area contributed by atoms with Crippen LogP contribution in [0.5, 0.6) is 0 Å². The molecular formula is C10H14BrClN2O. The van der Waals surface area contributed by atoms with Crippen molar-refractivity contribution in [1.29, 1.82) is 0 Å². The van der Waals surface area contributed by atoms with E-state index in [9.17, 15) is 5.11 Å². The van der Waals surface area contributed by atoms with Crippen molar-refractivity contribution in [2.45, 2.75) is 25.9 Å². The summed E-state index contributed by atoms with van der Waals surface area (Å²) >= 11 is 9.24. The smallest absolute Gasteiger partial charge is 0.144 e. The lowest BCUT2D eigenvalue weighted by molar-refractivity contribution is 0.0748. The summed E-state index contributed by atoms with van der Waals surface area (Å²) in [6.45, 7) is 4.18. The summed E-state index contributed by atoms with van der Waals surface area (Å²) in [4.78, 5) is 4.13. The lowest BCUT2D eigenvalue weighted by Gasteiger charge is -2.17. The van der Waals surface area contributed by atoms with Crippen LogP contribution in [0.3, 0.4) is 0 Å². The SMILES string of the molecule is CC(C)(O)CCNc1ncc(Br)cc1Cl. The number of aromatic nitrogens is 1. The first-order valence-corrected chi connectivity index (χ1v) is 5.83. The molecule has 15 heavy (non-hydrogen) atoms. The van der Waals surface area contributed by atoms with Crippen LogP contribution in [0.4, 0.5) is 5.82 Å². The van der Waals surface area contributed by atoms with Crippen molar-refractivity contribution in [2.75, 3.05) is 11.9 Å². The highest BCUT2D eigenvalue weighted by Crippen LogP contribution is 2.23. The summed E-state index contributed by atoms with van der Waals surface area (Å²) in [6.07, 6.45) is 2.32. The maximum absolute atomic E-state index is 9.51. The third-order valence-corrected chi connectivity index (χ3v) is 2.56. The molecule has 2 N–H and O–H groups in total. The van der Waals surface area contributed by atoms with E-state index in [4.69, 9.17) is 11.6 Å². The molecule has 1 aromatic rings. The second kappa shape index (κ2) is 5.14. The maximum atomic E-state index is 9.51. The number of aliphatic hydroxyl groups is 1. The predicted octanol–water partition coefficient (Wildman–Crippen LogP) is 3.07. The number of pyridine rings is 1. The minimum atomic E-state index is -0.672. The summed E-state index contributed by atoms with van der Waals surface area (Å²) in [5, 5.41) is 13.2. The Bertz CT molecular complexity index is 339. The molecular weight excluding hydrogens is 279 g/mol. The largest absolute Gasteiger partial charge is 0.390 e. The molecule has 0 aliphatic carbocycles. The lowest BCUT2D eigenvalue weighted by Crippen LogP contribution is -2.22. The molecule has 1 aromatic heterocycles. The van der Waals surface area contributed by atoms with Crippen LogP contribution in [0.15, 0.2) is 16.7 Å². The Balaban J connectivity index is 2.51. The average molecular weight is 294 g/mol. The van der Waals surface area contributed by atoms with Crippen LogP contribution in [0, 0.1) is 0 Å². The van der Waals surface area contributed by atoms with Gasteiger partial charge < -0.3 is 10.4 Å². The van der Waals surface area contributed by atoms with E-state index in [-0.39, 0.29) is 0 Å². The molecule has 0 saturated heterocycles. The molecule has 0 aliphatic heterocycles. The Morgan fingerprint density at radius 3 is 2.80 bits per heavy atom. The van der Waals surface area contributed by atoms with E-state index in [0.717, 1.165) is 4.47 Å². The van der Waals surface area contributed by atoms with Gasteiger partial charge in [-0.3, -0.25) is 0 Å². The van der Waals surface area contributed by atoms with Crippen LogP contribution in [0.25, 0.3) is 0 Å². The van der Waals surface area contributed by atoms with E-state index >= 15 is 0 Å². The fraction of sp³-hybridized carbons (Fsp3) is 0.500. The van der Waals surface area contributed by atoms with Gasteiger partial charge in [0.15, 0.2) is 0 Å². The van der Waals surface area contributed by atoms with E-state index in [2.05, 4.69) is 26.2 Å². The third-order valence-electron chi connectivity index (χ3n) is 1.84. The monoisotopic (exact) mass is 292 g/mol. The summed E-state index contributed by atoms with van der Waals surface area (Å²) in [6, 6.07) is 1.78. The molecule has 1 heterocycles. The van der Waals surface area contributed by atoms with Gasteiger partial charge in [-0.25, -0.2) is 4.98 Å². The summed E-state index contributed by atoms with van der Waals surface area (Å²) in [5.74, 6) is 0.643. The van der Waals surface area contributed by atoms with Gasteiger partial charge in [0.25, 0.3) is 0 Å². The van der Waals surface area contributed by atoms with E-state index in [1.165, 1.54) is 0 Å². The second-order valence-electron chi connectivity index (χ2n) is 3.97. The zero-order chi connectivity index (χ0) is 11.5. The van der Waals surface area contributed by atoms with Gasteiger partial charge in [-0.15, -0.1) is 0 Å². The van der Waals surface area contributed by atoms with Crippen molar-refractivity contribution >= 4 is 33.3 Å². The first kappa shape index (κ1) is 12.7. The molecule has 0 amide bonds. The zero-order valence-corrected chi connectivity index (χ0v) is 11.1. The van der Waals surface area contributed by atoms with E-state index in [1.807, 2.05) is 0 Å². The number of nitrogens with one attached hydrogen (secondary N) is 1. The second-order valence-corrected chi connectivity index (χ2v) is 5.30. The predicted molar refractivity (Wildman–Crippen MR) is 66.4 cm³/mol. The van der Waals surface area contributed by atoms with Gasteiger partial charge in [0.2, 0.25) is 0 Å². The van der Waals surface area contributed by atoms with Gasteiger partial charge in [0.1, 0.15) is 5.82 Å². The van der Waals surface area contributed by atoms with Gasteiger partial charge in [-0.1, -0.05) is 11.6 Å². The molecule has 0 saturated carbocycles. The lowest BCUT2D eigenvalue weighted by atomic mass is 10.1. The van der Waals surface area contributed by atoms with Crippen LogP contribution in [0.1, 0.15) is 20.3 Å². The number of rotatable bonds is 4. The molecule has 84 valence electrons. The highest BCUT2D eigenvalue weighted by Gasteiger charge is 2.12. The number of hydrogen-bond donors (Lipinski definition) is 2. The third kappa shape index (κ3) is 4.82. The van der Waals surface area contributed by atoms with Crippen LogP contribution in [-0.2, 0) is 0 Å². The van der Waals surface area contributed by atoms with Crippen LogP contribution >= 0.6 is 27.5 Å². The van der Waals surface area contributed by atoms with Crippen molar-refractivity contribution in [3.63, 3.8) is 0 Å². The molecule has 0 bridgehead atoms. The van der Waals surface area contributed by atoms with Crippen LogP contribution in [0.2, 0.25) is 5.02 Å². The minimum Gasteiger partial charge on any atom is -0.390 e. The van der Waals surface area contributed by atoms with Crippen LogP contribution in [-0.4, -0.2) is 22.2 Å². The first-order valence-electron chi connectivity index (χ1n) is 4.66. The highest BCUT2D eigenvalue weighted by molar-refractivity contribution is 9.10. The zero-order valence-electron chi connectivity index (χ0n) is 8.72. The molecule has 5 heteroatoms. The Morgan fingerprint density at radius 1 is 1.60 bits per heavy atom. The van der Waals surface area contributed by atoms with E-state index in [0.29, 0.717) is 23.8 Å². The number of halogens is 2. The van der Waals surface area contributed by atoms with Gasteiger partial charge in [0, 0.05) is 17.2 Å². The fourth-order valence-electron chi connectivity index (χ4n) is 1.03. The molecule has 0 unspecified atom stereocenters. The molecule has 0 spiro atoms. The number of hydrogen-bond acceptors (Lipinski definition) is 3. The fourth-order valence-corrected chi connectivity index (χ4v) is 1.73. The number of nitrogens with zero attached hydrogens (tertiary/aromatic N) is 1. The first-order chi connectivity index (χ1) is 6.88. The molecule has 3 nitrogen and oxygen atoms in total. The van der Waals surface area contributed by atoms with Crippen molar-refractivity contribution in [1.82, 2.24) is 4.98 Å². The Kier molecular flexibility index (Phi) is 4.37. The maximum Gasteiger partial charge on any atom is 0.144 e. The average Bonchev–Trinajstić information content (AvgIpc) is 2.07. The van der Waals surface area contributed by atoms with Gasteiger partial charge in [0.05, 0.1) is 10.6 Å². The molecule has 0 radical (unpaired) electrons. The summed E-state index contributed by atoms with van der Waals surface area (Å²) in [7, 11) is 0. The Labute approximate surface area is 103 Å². The minimum absolute atomic E-state index is 0.570. The molecule has 0 fully saturated rings. The quantitative estimate of drug-likeness (QED) is 0.897. The van der Waals surface area contributed by atoms with Gasteiger partial charge in [-0.05, 0) is 42.3 Å². The molecule has 1 rings (SSSR count). The number of anilines is 1. The van der Waals surface area contributed by atoms with Crippen molar-refractivity contribution in [2.24, 2.45) is 0 Å². The van der Waals surface area contributed by atoms with E-state index < -0.39 is 5.60 Å². The van der Waals surface area contributed by atoms with Crippen molar-refractivity contribution in [3.05, 3.63) is 21.8 Å². The molecule has 0 atom stereocenters. The summed E-state index contributed by atoms with van der Waals surface area (Å²) < 4.78 is 0.848. The molecule has 0 aliphatic rings. The normalized spacial score (nSPS) is 11.5. The van der Waals surface area contributed by atoms with E-state index in [1.54, 1.807) is 26.1 Å². The Morgan fingerprint density at radius 2 is 2.27 bits per heavy atom. The highest BCUT2D eigenvalue weighted by atomic mass is 79.9. The van der Waals surface area contributed by atoms with Crippen LogP contribution < -0.4 is 5.32 Å². The molecule has 0 aromatic carbocycles. The topological polar surface area (TPSA) is 45.1 Å². The Hall–Kier alpha value is -0.320.